The zero-order chi connectivity index (χ0) is 13.1. The summed E-state index contributed by atoms with van der Waals surface area (Å²) in [7, 11) is 1.51. The Morgan fingerprint density at radius 1 is 1.39 bits per heavy atom. The molecule has 0 heterocycles. The third-order valence-corrected chi connectivity index (χ3v) is 2.89. The summed E-state index contributed by atoms with van der Waals surface area (Å²) in [4.78, 5) is 22.9. The van der Waals surface area contributed by atoms with Crippen LogP contribution in [-0.2, 0) is 4.79 Å². The van der Waals surface area contributed by atoms with Crippen molar-refractivity contribution in [2.24, 2.45) is 5.92 Å². The van der Waals surface area contributed by atoms with Crippen LogP contribution in [0.2, 0.25) is 5.02 Å². The number of amides is 3. The van der Waals surface area contributed by atoms with Gasteiger partial charge < -0.3 is 10.1 Å². The molecular formula is C12H13ClN2O3. The standard InChI is InChI=1S/C12H13ClN2O3/c1-18-10-5-4-8(6-9(10)13)14-12(17)15-11(16)7-2-3-7/h4-7H,2-3H2,1H3,(H2,14,15,16,17). The van der Waals surface area contributed by atoms with Crippen LogP contribution in [-0.4, -0.2) is 19.0 Å². The van der Waals surface area contributed by atoms with Crippen molar-refractivity contribution in [1.82, 2.24) is 5.32 Å². The molecule has 0 saturated heterocycles. The molecule has 0 unspecified atom stereocenters. The molecule has 0 spiro atoms. The average Bonchev–Trinajstić information content (AvgIpc) is 3.12. The summed E-state index contributed by atoms with van der Waals surface area (Å²) in [5.41, 5.74) is 0.502. The molecule has 1 aromatic carbocycles. The number of hydrogen-bond donors (Lipinski definition) is 2. The fraction of sp³-hybridized carbons (Fsp3) is 0.333. The Morgan fingerprint density at radius 3 is 2.67 bits per heavy atom. The first-order valence-corrected chi connectivity index (χ1v) is 5.93. The smallest absolute Gasteiger partial charge is 0.325 e. The second-order valence-corrected chi connectivity index (χ2v) is 4.47. The van der Waals surface area contributed by atoms with E-state index in [1.165, 1.54) is 7.11 Å². The fourth-order valence-electron chi connectivity index (χ4n) is 1.47. The molecule has 18 heavy (non-hydrogen) atoms. The van der Waals surface area contributed by atoms with Crippen LogP contribution in [0.15, 0.2) is 18.2 Å². The molecule has 0 radical (unpaired) electrons. The Bertz CT molecular complexity index is 486. The average molecular weight is 269 g/mol. The van der Waals surface area contributed by atoms with E-state index >= 15 is 0 Å². The van der Waals surface area contributed by atoms with Gasteiger partial charge in [-0.2, -0.15) is 0 Å². The van der Waals surface area contributed by atoms with Crippen molar-refractivity contribution in [2.45, 2.75) is 12.8 Å². The molecule has 1 aliphatic carbocycles. The number of anilines is 1. The molecule has 1 fully saturated rings. The number of hydrogen-bond acceptors (Lipinski definition) is 3. The van der Waals surface area contributed by atoms with E-state index in [-0.39, 0.29) is 11.8 Å². The first-order chi connectivity index (χ1) is 8.60. The molecule has 0 atom stereocenters. The summed E-state index contributed by atoms with van der Waals surface area (Å²) in [5.74, 6) is 0.291. The highest BCUT2D eigenvalue weighted by molar-refractivity contribution is 6.32. The second-order valence-electron chi connectivity index (χ2n) is 4.07. The predicted molar refractivity (Wildman–Crippen MR) is 67.9 cm³/mol. The minimum atomic E-state index is -0.548. The Labute approximate surface area is 109 Å². The normalized spacial score (nSPS) is 13.9. The zero-order valence-corrected chi connectivity index (χ0v) is 10.6. The maximum atomic E-state index is 11.5. The number of urea groups is 1. The molecule has 0 aromatic heterocycles. The van der Waals surface area contributed by atoms with Crippen molar-refractivity contribution in [2.75, 3.05) is 12.4 Å². The number of methoxy groups -OCH3 is 1. The number of rotatable bonds is 3. The van der Waals surface area contributed by atoms with Crippen molar-refractivity contribution < 1.29 is 14.3 Å². The van der Waals surface area contributed by atoms with Crippen LogP contribution < -0.4 is 15.4 Å². The van der Waals surface area contributed by atoms with E-state index in [0.29, 0.717) is 16.5 Å². The van der Waals surface area contributed by atoms with Crippen LogP contribution in [0.3, 0.4) is 0 Å². The summed E-state index contributed by atoms with van der Waals surface area (Å²) in [6.07, 6.45) is 1.71. The number of nitrogens with one attached hydrogen (secondary N) is 2. The monoisotopic (exact) mass is 268 g/mol. The van der Waals surface area contributed by atoms with Crippen molar-refractivity contribution in [3.8, 4) is 5.75 Å². The molecule has 2 N–H and O–H groups in total. The summed E-state index contributed by atoms with van der Waals surface area (Å²) in [5, 5.41) is 5.20. The molecule has 2 rings (SSSR count). The summed E-state index contributed by atoms with van der Waals surface area (Å²) < 4.78 is 4.99. The van der Waals surface area contributed by atoms with Gasteiger partial charge in [0.1, 0.15) is 5.75 Å². The van der Waals surface area contributed by atoms with E-state index < -0.39 is 6.03 Å². The highest BCUT2D eigenvalue weighted by Crippen LogP contribution is 2.29. The lowest BCUT2D eigenvalue weighted by Crippen LogP contribution is -2.35. The highest BCUT2D eigenvalue weighted by atomic mass is 35.5. The zero-order valence-electron chi connectivity index (χ0n) is 9.83. The minimum absolute atomic E-state index is 0.00444. The van der Waals surface area contributed by atoms with Gasteiger partial charge in [-0.3, -0.25) is 10.1 Å². The van der Waals surface area contributed by atoms with Gasteiger partial charge in [0, 0.05) is 11.6 Å². The quantitative estimate of drug-likeness (QED) is 0.885. The Hall–Kier alpha value is -1.75. The van der Waals surface area contributed by atoms with Gasteiger partial charge in [-0.15, -0.1) is 0 Å². The molecule has 0 aliphatic heterocycles. The van der Waals surface area contributed by atoms with E-state index in [4.69, 9.17) is 16.3 Å². The number of halogens is 1. The van der Waals surface area contributed by atoms with Gasteiger partial charge in [-0.05, 0) is 31.0 Å². The third-order valence-electron chi connectivity index (χ3n) is 2.59. The Balaban J connectivity index is 1.93. The minimum Gasteiger partial charge on any atom is -0.495 e. The second kappa shape index (κ2) is 5.27. The molecular weight excluding hydrogens is 256 g/mol. The number of imide groups is 1. The van der Waals surface area contributed by atoms with Crippen molar-refractivity contribution >= 4 is 29.2 Å². The van der Waals surface area contributed by atoms with E-state index in [1.807, 2.05) is 0 Å². The van der Waals surface area contributed by atoms with Crippen LogP contribution in [0.4, 0.5) is 10.5 Å². The number of carbonyl (C=O) groups excluding carboxylic acids is 2. The molecule has 3 amide bonds. The van der Waals surface area contributed by atoms with Crippen molar-refractivity contribution in [1.29, 1.82) is 0 Å². The van der Waals surface area contributed by atoms with Crippen LogP contribution in [0.5, 0.6) is 5.75 Å². The molecule has 96 valence electrons. The number of benzene rings is 1. The molecule has 1 aliphatic rings. The van der Waals surface area contributed by atoms with Crippen LogP contribution in [0, 0.1) is 5.92 Å². The third kappa shape index (κ3) is 3.13. The van der Waals surface area contributed by atoms with Gasteiger partial charge in [-0.25, -0.2) is 4.79 Å². The van der Waals surface area contributed by atoms with E-state index in [9.17, 15) is 9.59 Å². The van der Waals surface area contributed by atoms with Gasteiger partial charge in [0.05, 0.1) is 12.1 Å². The van der Waals surface area contributed by atoms with Gasteiger partial charge in [0.15, 0.2) is 0 Å². The topological polar surface area (TPSA) is 67.4 Å². The molecule has 1 saturated carbocycles. The van der Waals surface area contributed by atoms with Crippen molar-refractivity contribution in [3.05, 3.63) is 23.2 Å². The molecule has 6 heteroatoms. The first kappa shape index (κ1) is 12.7. The lowest BCUT2D eigenvalue weighted by atomic mass is 10.3. The summed E-state index contributed by atoms with van der Waals surface area (Å²) >= 11 is 5.92. The SMILES string of the molecule is COc1ccc(NC(=O)NC(=O)C2CC2)cc1Cl. The molecule has 5 nitrogen and oxygen atoms in total. The van der Waals surface area contributed by atoms with Gasteiger partial charge in [0.2, 0.25) is 5.91 Å². The van der Waals surface area contributed by atoms with E-state index in [2.05, 4.69) is 10.6 Å². The Morgan fingerprint density at radius 2 is 2.11 bits per heavy atom. The van der Waals surface area contributed by atoms with Gasteiger partial charge in [0.25, 0.3) is 0 Å². The van der Waals surface area contributed by atoms with Crippen LogP contribution >= 0.6 is 11.6 Å². The molecule has 0 bridgehead atoms. The van der Waals surface area contributed by atoms with Crippen LogP contribution in [0.25, 0.3) is 0 Å². The number of ether oxygens (including phenoxy) is 1. The number of carbonyl (C=O) groups is 2. The van der Waals surface area contributed by atoms with Crippen molar-refractivity contribution in [3.63, 3.8) is 0 Å². The largest absolute Gasteiger partial charge is 0.495 e. The lowest BCUT2D eigenvalue weighted by molar-refractivity contribution is -0.121. The van der Waals surface area contributed by atoms with E-state index in [1.54, 1.807) is 18.2 Å². The molecule has 1 aromatic rings. The fourth-order valence-corrected chi connectivity index (χ4v) is 1.72. The maximum absolute atomic E-state index is 11.5. The first-order valence-electron chi connectivity index (χ1n) is 5.55. The summed E-state index contributed by atoms with van der Waals surface area (Å²) in [6, 6.07) is 4.29. The van der Waals surface area contributed by atoms with Gasteiger partial charge in [-0.1, -0.05) is 11.6 Å². The predicted octanol–water partition coefficient (Wildman–Crippen LogP) is 2.41. The van der Waals surface area contributed by atoms with Crippen LogP contribution in [0.1, 0.15) is 12.8 Å². The van der Waals surface area contributed by atoms with Gasteiger partial charge >= 0.3 is 6.03 Å². The summed E-state index contributed by atoms with van der Waals surface area (Å²) in [6.45, 7) is 0. The lowest BCUT2D eigenvalue weighted by Gasteiger charge is -2.08. The maximum Gasteiger partial charge on any atom is 0.325 e. The highest BCUT2D eigenvalue weighted by Gasteiger charge is 2.30. The van der Waals surface area contributed by atoms with E-state index in [0.717, 1.165) is 12.8 Å². The Kier molecular flexibility index (Phi) is 3.72.